The zero-order valence-corrected chi connectivity index (χ0v) is 11.6. The predicted molar refractivity (Wildman–Crippen MR) is 72.3 cm³/mol. The number of esters is 1. The lowest BCUT2D eigenvalue weighted by Crippen LogP contribution is -2.48. The quantitative estimate of drug-likeness (QED) is 0.603. The van der Waals surface area contributed by atoms with Crippen molar-refractivity contribution in [3.63, 3.8) is 0 Å². The van der Waals surface area contributed by atoms with E-state index in [-0.39, 0.29) is 5.97 Å². The van der Waals surface area contributed by atoms with Crippen molar-refractivity contribution >= 4 is 23.4 Å². The van der Waals surface area contributed by atoms with E-state index in [1.807, 2.05) is 6.92 Å². The van der Waals surface area contributed by atoms with Gasteiger partial charge in [-0.15, -0.1) is 0 Å². The average molecular weight is 285 g/mol. The molecule has 0 amide bonds. The minimum Gasteiger partial charge on any atom is -0.465 e. The van der Waals surface area contributed by atoms with E-state index >= 15 is 0 Å². The summed E-state index contributed by atoms with van der Waals surface area (Å²) in [5.74, 6) is 0.664. The molecule has 7 heteroatoms. The van der Waals surface area contributed by atoms with Gasteiger partial charge in [0.15, 0.2) is 0 Å². The van der Waals surface area contributed by atoms with Gasteiger partial charge in [0.05, 0.1) is 13.2 Å². The molecule has 0 spiro atoms. The van der Waals surface area contributed by atoms with Gasteiger partial charge >= 0.3 is 5.97 Å². The van der Waals surface area contributed by atoms with Gasteiger partial charge in [-0.05, 0) is 6.92 Å². The molecule has 0 unspecified atom stereocenters. The molecule has 0 bridgehead atoms. The van der Waals surface area contributed by atoms with Crippen molar-refractivity contribution in [2.45, 2.75) is 6.92 Å². The van der Waals surface area contributed by atoms with Gasteiger partial charge in [0.25, 0.3) is 0 Å². The summed E-state index contributed by atoms with van der Waals surface area (Å²) in [6, 6.07) is 1.75. The largest absolute Gasteiger partial charge is 0.465 e. The SMILES string of the molecule is CCOC(=O)CN1CCN(c2cc(Cl)ncn2)CC1. The highest BCUT2D eigenvalue weighted by molar-refractivity contribution is 6.29. The molecule has 0 atom stereocenters. The number of hydrogen-bond acceptors (Lipinski definition) is 6. The molecule has 0 aromatic carbocycles. The average Bonchev–Trinajstić information content (AvgIpc) is 2.40. The van der Waals surface area contributed by atoms with Crippen LogP contribution < -0.4 is 4.90 Å². The second-order valence-corrected chi connectivity index (χ2v) is 4.65. The van der Waals surface area contributed by atoms with Gasteiger partial charge in [0, 0.05) is 32.2 Å². The fraction of sp³-hybridized carbons (Fsp3) is 0.583. The number of anilines is 1. The van der Waals surface area contributed by atoms with E-state index in [0.717, 1.165) is 32.0 Å². The Kier molecular flexibility index (Phi) is 4.93. The van der Waals surface area contributed by atoms with E-state index in [1.165, 1.54) is 6.33 Å². The first-order valence-electron chi connectivity index (χ1n) is 6.29. The number of aromatic nitrogens is 2. The lowest BCUT2D eigenvalue weighted by molar-refractivity contribution is -0.144. The van der Waals surface area contributed by atoms with Gasteiger partial charge in [-0.1, -0.05) is 11.6 Å². The Labute approximate surface area is 117 Å². The molecule has 0 aliphatic carbocycles. The highest BCUT2D eigenvalue weighted by Gasteiger charge is 2.20. The number of carbonyl (C=O) groups is 1. The van der Waals surface area contributed by atoms with Gasteiger partial charge in [-0.3, -0.25) is 9.69 Å². The van der Waals surface area contributed by atoms with E-state index in [9.17, 15) is 4.79 Å². The van der Waals surface area contributed by atoms with Crippen LogP contribution in [0.5, 0.6) is 0 Å². The molecule has 2 heterocycles. The Morgan fingerprint density at radius 2 is 2.11 bits per heavy atom. The van der Waals surface area contributed by atoms with Crippen molar-refractivity contribution in [3.05, 3.63) is 17.5 Å². The second-order valence-electron chi connectivity index (χ2n) is 4.27. The monoisotopic (exact) mass is 284 g/mol. The van der Waals surface area contributed by atoms with Gasteiger partial charge in [0.1, 0.15) is 17.3 Å². The molecule has 1 saturated heterocycles. The molecule has 2 rings (SSSR count). The maximum Gasteiger partial charge on any atom is 0.320 e. The second kappa shape index (κ2) is 6.68. The number of hydrogen-bond donors (Lipinski definition) is 0. The van der Waals surface area contributed by atoms with Crippen molar-refractivity contribution in [2.24, 2.45) is 0 Å². The van der Waals surface area contributed by atoms with Gasteiger partial charge in [0.2, 0.25) is 0 Å². The molecule has 104 valence electrons. The molecule has 1 aliphatic heterocycles. The topological polar surface area (TPSA) is 58.6 Å². The number of piperazine rings is 1. The van der Waals surface area contributed by atoms with E-state index in [0.29, 0.717) is 18.3 Å². The zero-order valence-electron chi connectivity index (χ0n) is 10.9. The molecule has 1 aromatic rings. The first kappa shape index (κ1) is 14.0. The number of carbonyl (C=O) groups excluding carboxylic acids is 1. The molecule has 6 nitrogen and oxygen atoms in total. The Bertz CT molecular complexity index is 435. The normalized spacial score (nSPS) is 16.4. The summed E-state index contributed by atoms with van der Waals surface area (Å²) in [4.78, 5) is 23.7. The van der Waals surface area contributed by atoms with Crippen molar-refractivity contribution in [2.75, 3.05) is 44.2 Å². The van der Waals surface area contributed by atoms with Gasteiger partial charge < -0.3 is 9.64 Å². The van der Waals surface area contributed by atoms with Crippen LogP contribution in [0.1, 0.15) is 6.92 Å². The number of ether oxygens (including phenoxy) is 1. The third kappa shape index (κ3) is 4.04. The molecule has 0 radical (unpaired) electrons. The van der Waals surface area contributed by atoms with Crippen LogP contribution in [0.4, 0.5) is 5.82 Å². The molecular formula is C12H17ClN4O2. The van der Waals surface area contributed by atoms with Gasteiger partial charge in [-0.2, -0.15) is 0 Å². The van der Waals surface area contributed by atoms with Crippen molar-refractivity contribution in [3.8, 4) is 0 Å². The minimum absolute atomic E-state index is 0.166. The number of nitrogens with zero attached hydrogens (tertiary/aromatic N) is 4. The molecular weight excluding hydrogens is 268 g/mol. The summed E-state index contributed by atoms with van der Waals surface area (Å²) in [6.07, 6.45) is 1.46. The lowest BCUT2D eigenvalue weighted by atomic mass is 10.3. The molecule has 0 saturated carbocycles. The van der Waals surface area contributed by atoms with Crippen LogP contribution in [0, 0.1) is 0 Å². The van der Waals surface area contributed by atoms with Crippen molar-refractivity contribution < 1.29 is 9.53 Å². The highest BCUT2D eigenvalue weighted by Crippen LogP contribution is 2.15. The Hall–Kier alpha value is -1.40. The molecule has 1 aliphatic rings. The van der Waals surface area contributed by atoms with E-state index < -0.39 is 0 Å². The van der Waals surface area contributed by atoms with Crippen LogP contribution >= 0.6 is 11.6 Å². The van der Waals surface area contributed by atoms with Crippen LogP contribution in [0.25, 0.3) is 0 Å². The zero-order chi connectivity index (χ0) is 13.7. The molecule has 1 aromatic heterocycles. The van der Waals surface area contributed by atoms with E-state index in [4.69, 9.17) is 16.3 Å². The standard InChI is InChI=1S/C12H17ClN4O2/c1-2-19-12(18)8-16-3-5-17(6-4-16)11-7-10(13)14-9-15-11/h7,9H,2-6,8H2,1H3. The summed E-state index contributed by atoms with van der Waals surface area (Å²) >= 11 is 5.85. The smallest absolute Gasteiger partial charge is 0.320 e. The lowest BCUT2D eigenvalue weighted by Gasteiger charge is -2.34. The molecule has 0 N–H and O–H groups in total. The van der Waals surface area contributed by atoms with E-state index in [2.05, 4.69) is 19.8 Å². The maximum absolute atomic E-state index is 11.4. The first-order chi connectivity index (χ1) is 9.19. The Morgan fingerprint density at radius 3 is 2.74 bits per heavy atom. The summed E-state index contributed by atoms with van der Waals surface area (Å²) < 4.78 is 4.94. The summed E-state index contributed by atoms with van der Waals surface area (Å²) in [5, 5.41) is 0.443. The maximum atomic E-state index is 11.4. The van der Waals surface area contributed by atoms with Crippen LogP contribution in [0.3, 0.4) is 0 Å². The van der Waals surface area contributed by atoms with Crippen molar-refractivity contribution in [1.29, 1.82) is 0 Å². The molecule has 1 fully saturated rings. The van der Waals surface area contributed by atoms with Crippen LogP contribution in [0.15, 0.2) is 12.4 Å². The van der Waals surface area contributed by atoms with Crippen LogP contribution in [-0.4, -0.2) is 60.2 Å². The third-order valence-electron chi connectivity index (χ3n) is 2.97. The minimum atomic E-state index is -0.166. The third-order valence-corrected chi connectivity index (χ3v) is 3.18. The summed E-state index contributed by atoms with van der Waals surface area (Å²) in [7, 11) is 0. The fourth-order valence-corrected chi connectivity index (χ4v) is 2.16. The fourth-order valence-electron chi connectivity index (χ4n) is 2.02. The van der Waals surface area contributed by atoms with Crippen LogP contribution in [-0.2, 0) is 9.53 Å². The Morgan fingerprint density at radius 1 is 1.37 bits per heavy atom. The predicted octanol–water partition coefficient (Wildman–Crippen LogP) is 0.815. The summed E-state index contributed by atoms with van der Waals surface area (Å²) in [5.41, 5.74) is 0. The summed E-state index contributed by atoms with van der Waals surface area (Å²) in [6.45, 7) is 5.83. The molecule has 19 heavy (non-hydrogen) atoms. The first-order valence-corrected chi connectivity index (χ1v) is 6.67. The Balaban J connectivity index is 1.84. The number of rotatable bonds is 4. The number of halogens is 1. The van der Waals surface area contributed by atoms with Crippen LogP contribution in [0.2, 0.25) is 5.15 Å². The highest BCUT2D eigenvalue weighted by atomic mass is 35.5. The van der Waals surface area contributed by atoms with Crippen molar-refractivity contribution in [1.82, 2.24) is 14.9 Å². The van der Waals surface area contributed by atoms with Gasteiger partial charge in [-0.25, -0.2) is 9.97 Å². The van der Waals surface area contributed by atoms with E-state index in [1.54, 1.807) is 6.07 Å².